The Bertz CT molecular complexity index is 527. The topological polar surface area (TPSA) is 86.5 Å². The van der Waals surface area contributed by atoms with Crippen LogP contribution in [-0.2, 0) is 14.8 Å². The normalized spacial score (nSPS) is 11.2. The predicted octanol–water partition coefficient (Wildman–Crippen LogP) is 1.66. The van der Waals surface area contributed by atoms with Gasteiger partial charge in [-0.1, -0.05) is 13.0 Å². The number of primary sulfonamides is 1. The minimum absolute atomic E-state index is 0.0599. The van der Waals surface area contributed by atoms with E-state index < -0.39 is 16.0 Å². The van der Waals surface area contributed by atoms with Gasteiger partial charge in [0.1, 0.15) is 4.90 Å². The molecule has 94 valence electrons. The van der Waals surface area contributed by atoms with Crippen LogP contribution in [0.15, 0.2) is 27.6 Å². The lowest BCUT2D eigenvalue weighted by atomic mass is 10.2. The zero-order chi connectivity index (χ0) is 13.1. The molecule has 17 heavy (non-hydrogen) atoms. The molecule has 0 saturated heterocycles. The molecule has 0 saturated carbocycles. The number of carbonyl (C=O) groups excluding carboxylic acids is 1. The summed E-state index contributed by atoms with van der Waals surface area (Å²) in [5, 5.41) is 5.06. The molecule has 2 N–H and O–H groups in total. The van der Waals surface area contributed by atoms with E-state index >= 15 is 0 Å². The van der Waals surface area contributed by atoms with Crippen molar-refractivity contribution < 1.29 is 17.9 Å². The molecule has 5 nitrogen and oxygen atoms in total. The van der Waals surface area contributed by atoms with E-state index in [4.69, 9.17) is 9.88 Å². The number of nitrogens with two attached hydrogens (primary N) is 1. The van der Waals surface area contributed by atoms with Crippen molar-refractivity contribution in [2.24, 2.45) is 5.14 Å². The number of benzene rings is 1. The SMILES string of the molecule is CCCOC(=O)c1cccc(Br)c1S(N)(=O)=O. The highest BCUT2D eigenvalue weighted by Crippen LogP contribution is 2.25. The number of sulfonamides is 1. The Kier molecular flexibility index (Phi) is 4.67. The van der Waals surface area contributed by atoms with E-state index in [1.54, 1.807) is 6.07 Å². The average Bonchev–Trinajstić information content (AvgIpc) is 2.23. The third-order valence-corrected chi connectivity index (χ3v) is 3.84. The maximum Gasteiger partial charge on any atom is 0.339 e. The first-order valence-electron chi connectivity index (χ1n) is 4.86. The molecule has 0 atom stereocenters. The van der Waals surface area contributed by atoms with Gasteiger partial charge in [0.15, 0.2) is 0 Å². The third-order valence-electron chi connectivity index (χ3n) is 1.91. The Balaban J connectivity index is 3.25. The Labute approximate surface area is 108 Å². The molecule has 0 aliphatic heterocycles. The summed E-state index contributed by atoms with van der Waals surface area (Å²) in [6, 6.07) is 4.40. The van der Waals surface area contributed by atoms with Crippen LogP contribution in [0.1, 0.15) is 23.7 Å². The molecule has 0 spiro atoms. The van der Waals surface area contributed by atoms with Crippen LogP contribution in [0, 0.1) is 0 Å². The highest BCUT2D eigenvalue weighted by Gasteiger charge is 2.22. The fraction of sp³-hybridized carbons (Fsp3) is 0.300. The van der Waals surface area contributed by atoms with E-state index in [2.05, 4.69) is 15.9 Å². The van der Waals surface area contributed by atoms with Gasteiger partial charge in [-0.15, -0.1) is 0 Å². The molecular formula is C10H12BrNO4S. The van der Waals surface area contributed by atoms with Crippen molar-refractivity contribution in [2.75, 3.05) is 6.61 Å². The van der Waals surface area contributed by atoms with Gasteiger partial charge in [0, 0.05) is 4.47 Å². The summed E-state index contributed by atoms with van der Waals surface area (Å²) in [7, 11) is -3.98. The number of ether oxygens (including phenoxy) is 1. The van der Waals surface area contributed by atoms with E-state index in [-0.39, 0.29) is 21.5 Å². The maximum atomic E-state index is 11.7. The van der Waals surface area contributed by atoms with Crippen molar-refractivity contribution >= 4 is 31.9 Å². The summed E-state index contributed by atoms with van der Waals surface area (Å²) in [5.41, 5.74) is -0.0599. The fourth-order valence-corrected chi connectivity index (χ4v) is 3.07. The highest BCUT2D eigenvalue weighted by atomic mass is 79.9. The molecule has 1 aromatic rings. The van der Waals surface area contributed by atoms with Crippen molar-refractivity contribution in [3.8, 4) is 0 Å². The first-order valence-corrected chi connectivity index (χ1v) is 7.20. The van der Waals surface area contributed by atoms with Gasteiger partial charge in [0.25, 0.3) is 0 Å². The van der Waals surface area contributed by atoms with Crippen molar-refractivity contribution in [3.05, 3.63) is 28.2 Å². The van der Waals surface area contributed by atoms with Gasteiger partial charge in [0.05, 0.1) is 12.2 Å². The summed E-state index contributed by atoms with van der Waals surface area (Å²) in [6.45, 7) is 2.07. The van der Waals surface area contributed by atoms with Gasteiger partial charge in [-0.05, 0) is 34.5 Å². The summed E-state index contributed by atoms with van der Waals surface area (Å²) >= 11 is 3.05. The molecule has 1 rings (SSSR count). The molecule has 0 aliphatic rings. The molecule has 0 fully saturated rings. The summed E-state index contributed by atoms with van der Waals surface area (Å²) in [6.07, 6.45) is 0.657. The number of rotatable bonds is 4. The molecule has 0 unspecified atom stereocenters. The van der Waals surface area contributed by atoms with Crippen molar-refractivity contribution in [2.45, 2.75) is 18.2 Å². The standard InChI is InChI=1S/C10H12BrNO4S/c1-2-6-16-10(13)7-4-3-5-8(11)9(7)17(12,14)15/h3-5H,2,6H2,1H3,(H2,12,14,15). The first-order chi connectivity index (χ1) is 7.88. The lowest BCUT2D eigenvalue weighted by molar-refractivity contribution is 0.0500. The van der Waals surface area contributed by atoms with Crippen LogP contribution in [0.25, 0.3) is 0 Å². The molecule has 1 aromatic carbocycles. The Morgan fingerprint density at radius 3 is 2.65 bits per heavy atom. The van der Waals surface area contributed by atoms with E-state index in [9.17, 15) is 13.2 Å². The largest absolute Gasteiger partial charge is 0.462 e. The molecule has 0 radical (unpaired) electrons. The second-order valence-corrected chi connectivity index (χ2v) is 5.65. The van der Waals surface area contributed by atoms with E-state index in [1.807, 2.05) is 6.92 Å². The molecular weight excluding hydrogens is 310 g/mol. The van der Waals surface area contributed by atoms with Gasteiger partial charge < -0.3 is 4.74 Å². The lowest BCUT2D eigenvalue weighted by Gasteiger charge is -2.09. The first kappa shape index (κ1) is 14.1. The number of hydrogen-bond donors (Lipinski definition) is 1. The molecule has 7 heteroatoms. The number of esters is 1. The summed E-state index contributed by atoms with van der Waals surface area (Å²) in [5.74, 6) is -0.697. The summed E-state index contributed by atoms with van der Waals surface area (Å²) < 4.78 is 27.9. The van der Waals surface area contributed by atoms with Crippen LogP contribution < -0.4 is 5.14 Å². The number of hydrogen-bond acceptors (Lipinski definition) is 4. The fourth-order valence-electron chi connectivity index (χ4n) is 1.23. The van der Waals surface area contributed by atoms with Gasteiger partial charge in [-0.2, -0.15) is 0 Å². The smallest absolute Gasteiger partial charge is 0.339 e. The minimum atomic E-state index is -3.98. The average molecular weight is 322 g/mol. The van der Waals surface area contributed by atoms with Gasteiger partial charge >= 0.3 is 5.97 Å². The maximum absolute atomic E-state index is 11.7. The van der Waals surface area contributed by atoms with Crippen LogP contribution in [0.5, 0.6) is 0 Å². The Morgan fingerprint density at radius 2 is 2.12 bits per heavy atom. The van der Waals surface area contributed by atoms with Crippen LogP contribution >= 0.6 is 15.9 Å². The van der Waals surface area contributed by atoms with Crippen molar-refractivity contribution in [1.29, 1.82) is 0 Å². The van der Waals surface area contributed by atoms with Crippen molar-refractivity contribution in [3.63, 3.8) is 0 Å². The highest BCUT2D eigenvalue weighted by molar-refractivity contribution is 9.10. The van der Waals surface area contributed by atoms with Crippen LogP contribution in [0.2, 0.25) is 0 Å². The van der Waals surface area contributed by atoms with Gasteiger partial charge in [-0.25, -0.2) is 18.4 Å². The Hall–Kier alpha value is -0.920. The quantitative estimate of drug-likeness (QED) is 0.854. The molecule has 0 aliphatic carbocycles. The monoisotopic (exact) mass is 321 g/mol. The molecule has 0 aromatic heterocycles. The number of carbonyl (C=O) groups is 1. The minimum Gasteiger partial charge on any atom is -0.462 e. The van der Waals surface area contributed by atoms with Crippen LogP contribution in [-0.4, -0.2) is 21.0 Å². The molecule has 0 heterocycles. The van der Waals surface area contributed by atoms with E-state index in [0.29, 0.717) is 6.42 Å². The Morgan fingerprint density at radius 1 is 1.47 bits per heavy atom. The molecule has 0 amide bonds. The lowest BCUT2D eigenvalue weighted by Crippen LogP contribution is -2.18. The number of halogens is 1. The summed E-state index contributed by atoms with van der Waals surface area (Å²) in [4.78, 5) is 11.4. The third kappa shape index (κ3) is 3.52. The zero-order valence-corrected chi connectivity index (χ0v) is 11.5. The van der Waals surface area contributed by atoms with Gasteiger partial charge in [-0.3, -0.25) is 0 Å². The van der Waals surface area contributed by atoms with Gasteiger partial charge in [0.2, 0.25) is 10.0 Å². The van der Waals surface area contributed by atoms with E-state index in [0.717, 1.165) is 0 Å². The predicted molar refractivity (Wildman–Crippen MR) is 66.1 cm³/mol. The van der Waals surface area contributed by atoms with Crippen molar-refractivity contribution in [1.82, 2.24) is 0 Å². The van der Waals surface area contributed by atoms with E-state index in [1.165, 1.54) is 12.1 Å². The zero-order valence-electron chi connectivity index (χ0n) is 9.14. The van der Waals surface area contributed by atoms with Crippen LogP contribution in [0.3, 0.4) is 0 Å². The molecule has 0 bridgehead atoms. The second kappa shape index (κ2) is 5.61. The van der Waals surface area contributed by atoms with Crippen LogP contribution in [0.4, 0.5) is 0 Å². The second-order valence-electron chi connectivity index (χ2n) is 3.30.